The second-order valence-electron chi connectivity index (χ2n) is 11.4. The van der Waals surface area contributed by atoms with Crippen LogP contribution in [0.5, 0.6) is 0 Å². The van der Waals surface area contributed by atoms with Crippen LogP contribution < -0.4 is 10.2 Å². The van der Waals surface area contributed by atoms with Gasteiger partial charge in [0, 0.05) is 48.2 Å². The standard InChI is InChI=1S/C28H33N7O4S2/c1-17(2)22-7-8-25(34-14-20(18(34)3)16-40(4,36)37)24-13-30-27(11-23(22)24)32-26-9-10-29-28(33-26)19-12-31-35(15-19)41(38,39)21-5-6-21/h7-13,15,17-18,20-21H,5-6,14,16H2,1-4H3,(H,29,30,32,33)/t18-,20-/m1/s1. The molecule has 11 nitrogen and oxygen atoms in total. The number of pyridine rings is 1. The number of nitrogens with one attached hydrogen (secondary N) is 1. The van der Waals surface area contributed by atoms with Crippen LogP contribution in [0.25, 0.3) is 22.2 Å². The monoisotopic (exact) mass is 595 g/mol. The summed E-state index contributed by atoms with van der Waals surface area (Å²) in [4.78, 5) is 15.8. The summed E-state index contributed by atoms with van der Waals surface area (Å²) >= 11 is 0. The highest BCUT2D eigenvalue weighted by Crippen LogP contribution is 2.39. The van der Waals surface area contributed by atoms with Crippen molar-refractivity contribution in [3.05, 3.63) is 54.6 Å². The zero-order chi connectivity index (χ0) is 29.1. The first-order valence-electron chi connectivity index (χ1n) is 13.7. The normalized spacial score (nSPS) is 19.5. The third-order valence-electron chi connectivity index (χ3n) is 7.90. The van der Waals surface area contributed by atoms with Crippen molar-refractivity contribution < 1.29 is 16.8 Å². The van der Waals surface area contributed by atoms with Gasteiger partial charge in [0.2, 0.25) is 0 Å². The Kier molecular flexibility index (Phi) is 6.76. The first-order valence-corrected chi connectivity index (χ1v) is 17.2. The van der Waals surface area contributed by atoms with Gasteiger partial charge in [-0.05, 0) is 54.8 Å². The molecular formula is C28H33N7O4S2. The maximum absolute atomic E-state index is 12.5. The molecule has 1 N–H and O–H groups in total. The van der Waals surface area contributed by atoms with Gasteiger partial charge in [-0.3, -0.25) is 0 Å². The molecule has 2 fully saturated rings. The third-order valence-corrected chi connectivity index (χ3v) is 11.0. The van der Waals surface area contributed by atoms with Crippen molar-refractivity contribution in [2.75, 3.05) is 28.8 Å². The van der Waals surface area contributed by atoms with Gasteiger partial charge in [0.15, 0.2) is 5.82 Å². The van der Waals surface area contributed by atoms with E-state index in [2.05, 4.69) is 63.2 Å². The lowest BCUT2D eigenvalue weighted by molar-refractivity contribution is 0.342. The predicted molar refractivity (Wildman–Crippen MR) is 160 cm³/mol. The van der Waals surface area contributed by atoms with Crippen molar-refractivity contribution in [1.82, 2.24) is 24.1 Å². The lowest BCUT2D eigenvalue weighted by atomic mass is 9.88. The van der Waals surface area contributed by atoms with E-state index in [-0.39, 0.29) is 28.9 Å². The quantitative estimate of drug-likeness (QED) is 0.302. The molecule has 1 aliphatic carbocycles. The van der Waals surface area contributed by atoms with E-state index in [9.17, 15) is 16.8 Å². The number of anilines is 3. The average Bonchev–Trinajstić information content (AvgIpc) is 3.66. The first-order chi connectivity index (χ1) is 19.4. The summed E-state index contributed by atoms with van der Waals surface area (Å²) in [6, 6.07) is 8.09. The fourth-order valence-electron chi connectivity index (χ4n) is 5.43. The molecule has 1 saturated heterocycles. The Morgan fingerprint density at radius 2 is 1.80 bits per heavy atom. The fraction of sp³-hybridized carbons (Fsp3) is 0.429. The second-order valence-corrected chi connectivity index (χ2v) is 15.7. The number of fused-ring (bicyclic) bond motifs is 1. The Morgan fingerprint density at radius 3 is 2.49 bits per heavy atom. The van der Waals surface area contributed by atoms with Crippen molar-refractivity contribution in [3.8, 4) is 11.4 Å². The van der Waals surface area contributed by atoms with Gasteiger partial charge in [-0.25, -0.2) is 31.8 Å². The number of aromatic nitrogens is 5. The SMILES string of the molecule is CC(C)c1ccc(N2C[C@H](CS(C)(=O)=O)[C@H]2C)c2cnc(Nc3ccnc(-c4cnn(S(=O)(=O)C5CC5)c4)n3)cc12. The van der Waals surface area contributed by atoms with Crippen LogP contribution in [0.3, 0.4) is 0 Å². The van der Waals surface area contributed by atoms with Gasteiger partial charge < -0.3 is 10.2 Å². The summed E-state index contributed by atoms with van der Waals surface area (Å²) in [7, 11) is -6.51. The predicted octanol–water partition coefficient (Wildman–Crippen LogP) is 3.96. The Labute approximate surface area is 240 Å². The lowest BCUT2D eigenvalue weighted by Crippen LogP contribution is -2.57. The molecule has 41 heavy (non-hydrogen) atoms. The summed E-state index contributed by atoms with van der Waals surface area (Å²) in [5.41, 5.74) is 2.74. The van der Waals surface area contributed by atoms with E-state index in [1.54, 1.807) is 12.3 Å². The van der Waals surface area contributed by atoms with Crippen molar-refractivity contribution in [1.29, 1.82) is 0 Å². The van der Waals surface area contributed by atoms with Gasteiger partial charge in [-0.2, -0.15) is 9.19 Å². The molecule has 3 aromatic heterocycles. The first kappa shape index (κ1) is 27.6. The third kappa shape index (κ3) is 5.40. The second kappa shape index (κ2) is 10.1. The van der Waals surface area contributed by atoms with Crippen LogP contribution in [0, 0.1) is 5.92 Å². The molecule has 1 aliphatic heterocycles. The summed E-state index contributed by atoms with van der Waals surface area (Å²) in [5.74, 6) is 2.06. The Morgan fingerprint density at radius 1 is 1.02 bits per heavy atom. The van der Waals surface area contributed by atoms with Gasteiger partial charge in [-0.1, -0.05) is 19.9 Å². The molecule has 0 amide bonds. The van der Waals surface area contributed by atoms with Crippen molar-refractivity contribution >= 4 is 48.0 Å². The fourth-order valence-corrected chi connectivity index (χ4v) is 8.07. The van der Waals surface area contributed by atoms with Gasteiger partial charge in [0.25, 0.3) is 10.0 Å². The minimum Gasteiger partial charge on any atom is -0.368 e. The Balaban J connectivity index is 1.28. The molecule has 0 radical (unpaired) electrons. The van der Waals surface area contributed by atoms with Crippen LogP contribution in [0.4, 0.5) is 17.3 Å². The molecule has 4 heterocycles. The van der Waals surface area contributed by atoms with E-state index < -0.39 is 19.9 Å². The van der Waals surface area contributed by atoms with Gasteiger partial charge in [0.05, 0.1) is 29.0 Å². The van der Waals surface area contributed by atoms with Crippen LogP contribution in [-0.4, -0.2) is 70.8 Å². The minimum atomic E-state index is -3.47. The summed E-state index contributed by atoms with van der Waals surface area (Å²) in [5, 5.41) is 9.03. The number of rotatable bonds is 9. The highest BCUT2D eigenvalue weighted by molar-refractivity contribution is 7.90. The van der Waals surface area contributed by atoms with Crippen LogP contribution in [-0.2, 0) is 19.9 Å². The molecule has 1 saturated carbocycles. The van der Waals surface area contributed by atoms with Gasteiger partial charge in [0.1, 0.15) is 21.5 Å². The van der Waals surface area contributed by atoms with E-state index in [1.165, 1.54) is 24.2 Å². The Hall–Kier alpha value is -3.58. The van der Waals surface area contributed by atoms with Crippen molar-refractivity contribution in [2.45, 2.75) is 50.8 Å². The maximum atomic E-state index is 12.5. The Bertz CT molecular complexity index is 1850. The molecule has 6 rings (SSSR count). The van der Waals surface area contributed by atoms with E-state index in [0.29, 0.717) is 42.4 Å². The molecule has 2 atom stereocenters. The minimum absolute atomic E-state index is 0.103. The highest BCUT2D eigenvalue weighted by atomic mass is 32.2. The van der Waals surface area contributed by atoms with Crippen LogP contribution in [0.2, 0.25) is 0 Å². The van der Waals surface area contributed by atoms with Gasteiger partial charge in [-0.15, -0.1) is 0 Å². The number of benzene rings is 1. The van der Waals surface area contributed by atoms with Crippen molar-refractivity contribution in [2.24, 2.45) is 5.92 Å². The molecule has 216 valence electrons. The van der Waals surface area contributed by atoms with E-state index in [0.717, 1.165) is 20.5 Å². The zero-order valence-corrected chi connectivity index (χ0v) is 25.0. The van der Waals surface area contributed by atoms with Crippen LogP contribution in [0.15, 0.2) is 49.1 Å². The molecule has 0 bridgehead atoms. The van der Waals surface area contributed by atoms with Crippen LogP contribution >= 0.6 is 0 Å². The van der Waals surface area contributed by atoms with Crippen LogP contribution in [0.1, 0.15) is 45.1 Å². The van der Waals surface area contributed by atoms with E-state index >= 15 is 0 Å². The smallest absolute Gasteiger partial charge is 0.256 e. The number of sulfone groups is 1. The molecular weight excluding hydrogens is 562 g/mol. The number of hydrogen-bond acceptors (Lipinski definition) is 10. The largest absolute Gasteiger partial charge is 0.368 e. The van der Waals surface area contributed by atoms with Crippen molar-refractivity contribution in [3.63, 3.8) is 0 Å². The number of hydrogen-bond donors (Lipinski definition) is 1. The summed E-state index contributed by atoms with van der Waals surface area (Å²) in [6.07, 6.45) is 8.98. The highest BCUT2D eigenvalue weighted by Gasteiger charge is 2.39. The topological polar surface area (TPSA) is 140 Å². The molecule has 0 unspecified atom stereocenters. The van der Waals surface area contributed by atoms with E-state index in [4.69, 9.17) is 0 Å². The molecule has 13 heteroatoms. The summed E-state index contributed by atoms with van der Waals surface area (Å²) in [6.45, 7) is 7.06. The average molecular weight is 596 g/mol. The molecule has 2 aliphatic rings. The van der Waals surface area contributed by atoms with Gasteiger partial charge >= 0.3 is 0 Å². The zero-order valence-electron chi connectivity index (χ0n) is 23.4. The summed E-state index contributed by atoms with van der Waals surface area (Å²) < 4.78 is 49.7. The maximum Gasteiger partial charge on any atom is 0.256 e. The molecule has 4 aromatic rings. The van der Waals surface area contributed by atoms with E-state index in [1.807, 2.05) is 12.3 Å². The molecule has 1 aromatic carbocycles. The lowest BCUT2D eigenvalue weighted by Gasteiger charge is -2.48. The number of nitrogens with zero attached hydrogens (tertiary/aromatic N) is 6. The molecule has 0 spiro atoms.